The number of urea groups is 1. The second-order valence-corrected chi connectivity index (χ2v) is 11.6. The first kappa shape index (κ1) is 30.3. The largest absolute Gasteiger partial charge is 0.416 e. The normalized spacial score (nSPS) is 13.5. The number of alkyl halides is 3. The number of aromatic nitrogens is 2. The lowest BCUT2D eigenvalue weighted by atomic mass is 10.1. The van der Waals surface area contributed by atoms with Crippen LogP contribution in [0.5, 0.6) is 0 Å². The highest BCUT2D eigenvalue weighted by molar-refractivity contribution is 7.91. The maximum absolute atomic E-state index is 12.9. The molecule has 2 atom stereocenters. The van der Waals surface area contributed by atoms with Gasteiger partial charge in [-0.25, -0.2) is 18.8 Å². The van der Waals surface area contributed by atoms with Crippen LogP contribution < -0.4 is 21.3 Å². The number of anilines is 5. The van der Waals surface area contributed by atoms with Crippen LogP contribution in [0.15, 0.2) is 83.9 Å². The maximum Gasteiger partial charge on any atom is 0.416 e. The molecule has 0 saturated heterocycles. The second kappa shape index (κ2) is 12.4. The fourth-order valence-electron chi connectivity index (χ4n) is 3.79. The molecular weight excluding hydrogens is 571 g/mol. The summed E-state index contributed by atoms with van der Waals surface area (Å²) in [7, 11) is -2.91. The quantitative estimate of drug-likeness (QED) is 0.131. The zero-order valence-electron chi connectivity index (χ0n) is 22.5. The number of hydrogen-bond donors (Lipinski definition) is 6. The van der Waals surface area contributed by atoms with Gasteiger partial charge in [0.25, 0.3) is 0 Å². The minimum Gasteiger partial charge on any atom is -0.394 e. The Morgan fingerprint density at radius 1 is 1.00 bits per heavy atom. The lowest BCUT2D eigenvalue weighted by Gasteiger charge is -2.17. The van der Waals surface area contributed by atoms with Gasteiger partial charge in [-0.2, -0.15) is 18.2 Å². The van der Waals surface area contributed by atoms with E-state index in [-0.39, 0.29) is 24.3 Å². The number of aliphatic hydroxyl groups is 1. The molecule has 14 heteroatoms. The zero-order chi connectivity index (χ0) is 30.5. The standard InChI is InChI=1S/C28H28F3N7O3S/c1-17(16-39)34-25-24(15-33-26(38-25)35-22-7-4-8-23(14-22)42(2,32)41)18-9-11-20(12-10-18)36-27(40)37-21-6-3-5-19(13-21)28(29,30)31/h3-15,17,32,39H,16H2,1-2H3,(H2,36,37,40)(H2,33,34,35,38)/t17-,42-/m1/s1. The van der Waals surface area contributed by atoms with Crippen LogP contribution in [0, 0.1) is 4.78 Å². The molecule has 42 heavy (non-hydrogen) atoms. The summed E-state index contributed by atoms with van der Waals surface area (Å²) in [5, 5.41) is 20.7. The number of nitrogens with one attached hydrogen (secondary N) is 5. The molecule has 1 heterocycles. The minimum absolute atomic E-state index is 0.00627. The molecule has 0 unspecified atom stereocenters. The van der Waals surface area contributed by atoms with Crippen molar-refractivity contribution in [1.29, 1.82) is 4.78 Å². The molecule has 0 aliphatic rings. The zero-order valence-corrected chi connectivity index (χ0v) is 23.3. The number of nitrogens with zero attached hydrogens (tertiary/aromatic N) is 2. The number of carbonyl (C=O) groups is 1. The van der Waals surface area contributed by atoms with Crippen molar-refractivity contribution in [3.63, 3.8) is 0 Å². The summed E-state index contributed by atoms with van der Waals surface area (Å²) in [5.74, 6) is 0.633. The van der Waals surface area contributed by atoms with Gasteiger partial charge in [0, 0.05) is 46.0 Å². The van der Waals surface area contributed by atoms with Gasteiger partial charge in [0.15, 0.2) is 0 Å². The SMILES string of the molecule is C[C@H](CO)Nc1nc(Nc2cccc([S@](C)(=N)=O)c2)ncc1-c1ccc(NC(=O)Nc2cccc(C(F)(F)F)c2)cc1. The lowest BCUT2D eigenvalue weighted by Crippen LogP contribution is -2.21. The number of rotatable bonds is 9. The first-order chi connectivity index (χ1) is 19.8. The van der Waals surface area contributed by atoms with Crippen molar-refractivity contribution in [2.75, 3.05) is 34.1 Å². The summed E-state index contributed by atoms with van der Waals surface area (Å²) in [6.45, 7) is 1.61. The van der Waals surface area contributed by atoms with Gasteiger partial charge >= 0.3 is 12.2 Å². The van der Waals surface area contributed by atoms with E-state index in [2.05, 4.69) is 31.2 Å². The van der Waals surface area contributed by atoms with Crippen molar-refractivity contribution in [3.05, 3.63) is 84.6 Å². The van der Waals surface area contributed by atoms with Crippen LogP contribution in [0.3, 0.4) is 0 Å². The molecule has 10 nitrogen and oxygen atoms in total. The molecule has 0 bridgehead atoms. The lowest BCUT2D eigenvalue weighted by molar-refractivity contribution is -0.137. The summed E-state index contributed by atoms with van der Waals surface area (Å²) in [4.78, 5) is 21.7. The molecule has 3 aromatic carbocycles. The van der Waals surface area contributed by atoms with Gasteiger partial charge in [0.1, 0.15) is 5.82 Å². The van der Waals surface area contributed by atoms with Gasteiger partial charge in [0.2, 0.25) is 5.95 Å². The smallest absolute Gasteiger partial charge is 0.394 e. The maximum atomic E-state index is 12.9. The average Bonchev–Trinajstić information content (AvgIpc) is 2.93. The van der Waals surface area contributed by atoms with Gasteiger partial charge in [-0.3, -0.25) is 0 Å². The van der Waals surface area contributed by atoms with Crippen LogP contribution in [0.4, 0.5) is 46.8 Å². The highest BCUT2D eigenvalue weighted by Gasteiger charge is 2.30. The Morgan fingerprint density at radius 2 is 1.67 bits per heavy atom. The van der Waals surface area contributed by atoms with E-state index in [0.29, 0.717) is 33.2 Å². The number of halogens is 3. The second-order valence-electron chi connectivity index (χ2n) is 9.42. The Labute approximate surface area is 240 Å². The monoisotopic (exact) mass is 599 g/mol. The molecule has 220 valence electrons. The molecule has 2 amide bonds. The van der Waals surface area contributed by atoms with Crippen LogP contribution in [-0.2, 0) is 15.9 Å². The van der Waals surface area contributed by atoms with Gasteiger partial charge in [0.05, 0.1) is 21.9 Å². The predicted octanol–water partition coefficient (Wildman–Crippen LogP) is 6.38. The van der Waals surface area contributed by atoms with E-state index in [0.717, 1.165) is 12.1 Å². The molecule has 0 radical (unpaired) electrons. The van der Waals surface area contributed by atoms with Crippen LogP contribution in [0.2, 0.25) is 0 Å². The van der Waals surface area contributed by atoms with Gasteiger partial charge < -0.3 is 26.4 Å². The summed E-state index contributed by atoms with van der Waals surface area (Å²) >= 11 is 0. The van der Waals surface area contributed by atoms with Crippen LogP contribution in [0.25, 0.3) is 11.1 Å². The van der Waals surface area contributed by atoms with E-state index < -0.39 is 27.5 Å². The summed E-state index contributed by atoms with van der Waals surface area (Å²) in [6.07, 6.45) is -1.63. The van der Waals surface area contributed by atoms with Crippen molar-refractivity contribution >= 4 is 44.6 Å². The van der Waals surface area contributed by atoms with Crippen molar-refractivity contribution in [2.45, 2.75) is 24.0 Å². The molecule has 4 rings (SSSR count). The molecule has 4 aromatic rings. The Balaban J connectivity index is 1.52. The van der Waals surface area contributed by atoms with Crippen LogP contribution in [-0.4, -0.2) is 44.2 Å². The third-order valence-corrected chi connectivity index (χ3v) is 7.04. The average molecular weight is 600 g/mol. The Bertz CT molecular complexity index is 1680. The van der Waals surface area contributed by atoms with E-state index in [9.17, 15) is 27.3 Å². The molecule has 1 aromatic heterocycles. The number of carbonyl (C=O) groups excluding carboxylic acids is 1. The van der Waals surface area contributed by atoms with Crippen LogP contribution >= 0.6 is 0 Å². The van der Waals surface area contributed by atoms with E-state index in [1.54, 1.807) is 61.7 Å². The van der Waals surface area contributed by atoms with E-state index in [1.165, 1.54) is 18.4 Å². The fraction of sp³-hybridized carbons (Fsp3) is 0.179. The molecular formula is C28H28F3N7O3S. The summed E-state index contributed by atoms with van der Waals surface area (Å²) in [6, 6.07) is 16.5. The van der Waals surface area contributed by atoms with E-state index in [1.807, 2.05) is 0 Å². The van der Waals surface area contributed by atoms with Crippen molar-refractivity contribution in [3.8, 4) is 11.1 Å². The molecule has 0 spiro atoms. The van der Waals surface area contributed by atoms with Crippen molar-refractivity contribution in [2.24, 2.45) is 0 Å². The van der Waals surface area contributed by atoms with Gasteiger partial charge in [-0.15, -0.1) is 0 Å². The summed E-state index contributed by atoms with van der Waals surface area (Å²) in [5.41, 5.74) is 1.33. The number of benzene rings is 3. The Hall–Kier alpha value is -4.69. The highest BCUT2D eigenvalue weighted by atomic mass is 32.2. The van der Waals surface area contributed by atoms with Crippen molar-refractivity contribution in [1.82, 2.24) is 9.97 Å². The fourth-order valence-corrected chi connectivity index (χ4v) is 4.48. The van der Waals surface area contributed by atoms with E-state index in [4.69, 9.17) is 4.78 Å². The Morgan fingerprint density at radius 3 is 2.33 bits per heavy atom. The topological polar surface area (TPSA) is 152 Å². The van der Waals surface area contributed by atoms with E-state index >= 15 is 0 Å². The molecule has 0 fully saturated rings. The predicted molar refractivity (Wildman–Crippen MR) is 157 cm³/mol. The number of aliphatic hydroxyl groups excluding tert-OH is 1. The van der Waals surface area contributed by atoms with Gasteiger partial charge in [-0.05, 0) is 61.0 Å². The first-order valence-electron chi connectivity index (χ1n) is 12.5. The minimum atomic E-state index is -4.53. The third kappa shape index (κ3) is 7.95. The third-order valence-electron chi connectivity index (χ3n) is 5.89. The molecule has 6 N–H and O–H groups in total. The molecule has 0 aliphatic carbocycles. The van der Waals surface area contributed by atoms with Crippen LogP contribution in [0.1, 0.15) is 12.5 Å². The summed E-state index contributed by atoms with van der Waals surface area (Å²) < 4.78 is 58.8. The molecule has 0 aliphatic heterocycles. The van der Waals surface area contributed by atoms with Crippen molar-refractivity contribution < 1.29 is 27.3 Å². The number of amides is 2. The molecule has 0 saturated carbocycles. The highest BCUT2D eigenvalue weighted by Crippen LogP contribution is 2.31. The van der Waals surface area contributed by atoms with Gasteiger partial charge in [-0.1, -0.05) is 24.3 Å². The Kier molecular flexibility index (Phi) is 8.97. The number of hydrogen-bond acceptors (Lipinski definition) is 8. The first-order valence-corrected chi connectivity index (χ1v) is 14.5.